The van der Waals surface area contributed by atoms with Gasteiger partial charge < -0.3 is 4.98 Å². The molecule has 0 aliphatic rings. The molecule has 1 heterocycles. The molecule has 90 valence electrons. The van der Waals surface area contributed by atoms with Gasteiger partial charge in [0.2, 0.25) is 0 Å². The molecule has 1 N–H and O–H groups in total. The third kappa shape index (κ3) is 2.41. The van der Waals surface area contributed by atoms with Gasteiger partial charge in [0, 0.05) is 5.75 Å². The van der Waals surface area contributed by atoms with Crippen molar-refractivity contribution in [2.45, 2.75) is 17.8 Å². The van der Waals surface area contributed by atoms with Crippen molar-refractivity contribution >= 4 is 22.8 Å². The Morgan fingerprint density at radius 1 is 1.06 bits per heavy atom. The predicted molar refractivity (Wildman–Crippen MR) is 76.8 cm³/mol. The minimum atomic E-state index is 0.945. The number of aromatic nitrogens is 2. The predicted octanol–water partition coefficient (Wildman–Crippen LogP) is 4.16. The highest BCUT2D eigenvalue weighted by Crippen LogP contribution is 2.22. The number of benzene rings is 2. The molecule has 0 saturated carbocycles. The van der Waals surface area contributed by atoms with Gasteiger partial charge in [0.25, 0.3) is 0 Å². The summed E-state index contributed by atoms with van der Waals surface area (Å²) in [5.41, 5.74) is 4.76. The number of aryl methyl sites for hydroxylation is 1. The Bertz CT molecular complexity index is 623. The Hall–Kier alpha value is -1.74. The van der Waals surface area contributed by atoms with E-state index < -0.39 is 0 Å². The molecule has 0 fully saturated rings. The number of thioether (sulfide) groups is 1. The van der Waals surface area contributed by atoms with Crippen LogP contribution in [0.3, 0.4) is 0 Å². The Kier molecular flexibility index (Phi) is 3.07. The van der Waals surface area contributed by atoms with Gasteiger partial charge in [-0.2, -0.15) is 0 Å². The number of hydrogen-bond acceptors (Lipinski definition) is 2. The van der Waals surface area contributed by atoms with Crippen molar-refractivity contribution in [1.29, 1.82) is 0 Å². The lowest BCUT2D eigenvalue weighted by Gasteiger charge is -1.99. The van der Waals surface area contributed by atoms with Crippen molar-refractivity contribution in [2.75, 3.05) is 0 Å². The summed E-state index contributed by atoms with van der Waals surface area (Å²) in [6.07, 6.45) is 0. The zero-order chi connectivity index (χ0) is 12.4. The fourth-order valence-corrected chi connectivity index (χ4v) is 2.67. The molecular formula is C15H14N2S. The molecule has 18 heavy (non-hydrogen) atoms. The number of rotatable bonds is 3. The maximum absolute atomic E-state index is 4.55. The molecule has 0 bridgehead atoms. The van der Waals surface area contributed by atoms with Gasteiger partial charge in [-0.25, -0.2) is 4.98 Å². The van der Waals surface area contributed by atoms with Crippen LogP contribution in [0.4, 0.5) is 0 Å². The molecule has 0 amide bonds. The first-order valence-electron chi connectivity index (χ1n) is 5.94. The topological polar surface area (TPSA) is 28.7 Å². The maximum atomic E-state index is 4.55. The molecule has 0 radical (unpaired) electrons. The Morgan fingerprint density at radius 2 is 1.83 bits per heavy atom. The molecule has 3 aromatic rings. The van der Waals surface area contributed by atoms with Crippen molar-refractivity contribution < 1.29 is 0 Å². The summed E-state index contributed by atoms with van der Waals surface area (Å²) in [5.74, 6) is 0.945. The van der Waals surface area contributed by atoms with Crippen LogP contribution in [-0.4, -0.2) is 9.97 Å². The van der Waals surface area contributed by atoms with E-state index in [9.17, 15) is 0 Å². The van der Waals surface area contributed by atoms with Crippen molar-refractivity contribution in [3.8, 4) is 0 Å². The van der Waals surface area contributed by atoms with E-state index >= 15 is 0 Å². The van der Waals surface area contributed by atoms with Crippen molar-refractivity contribution in [1.82, 2.24) is 9.97 Å². The van der Waals surface area contributed by atoms with Crippen LogP contribution in [-0.2, 0) is 5.75 Å². The van der Waals surface area contributed by atoms with Crippen LogP contribution in [0, 0.1) is 6.92 Å². The number of H-pyrrole nitrogens is 1. The lowest BCUT2D eigenvalue weighted by atomic mass is 10.2. The Labute approximate surface area is 110 Å². The van der Waals surface area contributed by atoms with E-state index in [1.807, 2.05) is 18.2 Å². The zero-order valence-corrected chi connectivity index (χ0v) is 11.0. The fourth-order valence-electron chi connectivity index (χ4n) is 1.83. The van der Waals surface area contributed by atoms with Crippen molar-refractivity contribution in [3.05, 3.63) is 59.7 Å². The molecule has 0 atom stereocenters. The van der Waals surface area contributed by atoms with Gasteiger partial charge in [-0.3, -0.25) is 0 Å². The molecule has 0 aliphatic heterocycles. The first-order chi connectivity index (χ1) is 8.81. The summed E-state index contributed by atoms with van der Waals surface area (Å²) in [6, 6.07) is 16.8. The van der Waals surface area contributed by atoms with Crippen molar-refractivity contribution in [3.63, 3.8) is 0 Å². The molecule has 2 aromatic carbocycles. The lowest BCUT2D eigenvalue weighted by Crippen LogP contribution is -1.82. The van der Waals surface area contributed by atoms with Gasteiger partial charge in [0.05, 0.1) is 11.0 Å². The maximum Gasteiger partial charge on any atom is 0.166 e. The molecule has 0 saturated heterocycles. The van der Waals surface area contributed by atoms with Crippen LogP contribution in [0.5, 0.6) is 0 Å². The van der Waals surface area contributed by atoms with Gasteiger partial charge >= 0.3 is 0 Å². The summed E-state index contributed by atoms with van der Waals surface area (Å²) >= 11 is 1.74. The lowest BCUT2D eigenvalue weighted by molar-refractivity contribution is 1.08. The van der Waals surface area contributed by atoms with Gasteiger partial charge in [0.1, 0.15) is 0 Å². The van der Waals surface area contributed by atoms with Crippen LogP contribution in [0.25, 0.3) is 11.0 Å². The second kappa shape index (κ2) is 4.86. The number of hydrogen-bond donors (Lipinski definition) is 1. The quantitative estimate of drug-likeness (QED) is 0.711. The van der Waals surface area contributed by atoms with Gasteiger partial charge in [-0.1, -0.05) is 53.7 Å². The highest BCUT2D eigenvalue weighted by molar-refractivity contribution is 7.98. The standard InChI is InChI=1S/C15H14N2S/c1-11-6-8-12(9-7-11)10-18-15-16-13-4-2-3-5-14(13)17-15/h2-9H,10H2,1H3,(H,16,17). The summed E-state index contributed by atoms with van der Waals surface area (Å²) < 4.78 is 0. The van der Waals surface area contributed by atoms with E-state index in [2.05, 4.69) is 47.2 Å². The third-order valence-corrected chi connectivity index (χ3v) is 3.81. The summed E-state index contributed by atoms with van der Waals surface area (Å²) in [7, 11) is 0. The number of para-hydroxylation sites is 2. The number of imidazole rings is 1. The average molecular weight is 254 g/mol. The smallest absolute Gasteiger partial charge is 0.166 e. The summed E-state index contributed by atoms with van der Waals surface area (Å²) in [6.45, 7) is 2.11. The van der Waals surface area contributed by atoms with Crippen LogP contribution in [0.1, 0.15) is 11.1 Å². The minimum absolute atomic E-state index is 0.945. The average Bonchev–Trinajstić information content (AvgIpc) is 2.81. The molecule has 2 nitrogen and oxygen atoms in total. The highest BCUT2D eigenvalue weighted by atomic mass is 32.2. The summed E-state index contributed by atoms with van der Waals surface area (Å²) in [4.78, 5) is 7.88. The van der Waals surface area contributed by atoms with Crippen molar-refractivity contribution in [2.24, 2.45) is 0 Å². The van der Waals surface area contributed by atoms with E-state index in [0.29, 0.717) is 0 Å². The fraction of sp³-hybridized carbons (Fsp3) is 0.133. The third-order valence-electron chi connectivity index (χ3n) is 2.86. The number of fused-ring (bicyclic) bond motifs is 1. The second-order valence-corrected chi connectivity index (χ2v) is 5.30. The SMILES string of the molecule is Cc1ccc(CSc2nc3ccccc3[nH]2)cc1. The Balaban J connectivity index is 1.74. The first-order valence-corrected chi connectivity index (χ1v) is 6.93. The van der Waals surface area contributed by atoms with Crippen LogP contribution in [0.15, 0.2) is 53.7 Å². The Morgan fingerprint density at radius 3 is 2.61 bits per heavy atom. The van der Waals surface area contributed by atoms with Crippen LogP contribution >= 0.6 is 11.8 Å². The molecule has 0 unspecified atom stereocenters. The van der Waals surface area contributed by atoms with E-state index in [0.717, 1.165) is 21.9 Å². The van der Waals surface area contributed by atoms with Gasteiger partial charge in [0.15, 0.2) is 5.16 Å². The molecule has 0 spiro atoms. The van der Waals surface area contributed by atoms with Crippen LogP contribution < -0.4 is 0 Å². The number of nitrogens with one attached hydrogen (secondary N) is 1. The van der Waals surface area contributed by atoms with E-state index in [4.69, 9.17) is 0 Å². The largest absolute Gasteiger partial charge is 0.333 e. The van der Waals surface area contributed by atoms with E-state index in [-0.39, 0.29) is 0 Å². The van der Waals surface area contributed by atoms with Crippen LogP contribution in [0.2, 0.25) is 0 Å². The molecule has 3 rings (SSSR count). The van der Waals surface area contributed by atoms with Gasteiger partial charge in [-0.15, -0.1) is 0 Å². The van der Waals surface area contributed by atoms with Gasteiger partial charge in [-0.05, 0) is 24.6 Å². The second-order valence-electron chi connectivity index (χ2n) is 4.33. The number of aromatic amines is 1. The normalized spacial score (nSPS) is 10.9. The molecule has 1 aromatic heterocycles. The summed E-state index contributed by atoms with van der Waals surface area (Å²) in [5, 5.41) is 0.983. The van der Waals surface area contributed by atoms with E-state index in [1.54, 1.807) is 11.8 Å². The monoisotopic (exact) mass is 254 g/mol. The highest BCUT2D eigenvalue weighted by Gasteiger charge is 2.02. The molecular weight excluding hydrogens is 240 g/mol. The zero-order valence-electron chi connectivity index (χ0n) is 10.2. The molecule has 0 aliphatic carbocycles. The molecule has 3 heteroatoms. The number of nitrogens with zero attached hydrogens (tertiary/aromatic N) is 1. The minimum Gasteiger partial charge on any atom is -0.333 e. The first kappa shape index (κ1) is 11.4. The van der Waals surface area contributed by atoms with E-state index in [1.165, 1.54) is 11.1 Å².